The molecule has 0 radical (unpaired) electrons. The van der Waals surface area contributed by atoms with Gasteiger partial charge >= 0.3 is 0 Å². The summed E-state index contributed by atoms with van der Waals surface area (Å²) in [4.78, 5) is 0. The van der Waals surface area contributed by atoms with Crippen LogP contribution in [0.2, 0.25) is 0 Å². The molecule has 74 valence electrons. The number of fused-ring (bicyclic) bond motifs is 1. The lowest BCUT2D eigenvalue weighted by Gasteiger charge is -2.18. The lowest BCUT2D eigenvalue weighted by molar-refractivity contribution is 0.643. The summed E-state index contributed by atoms with van der Waals surface area (Å²) >= 11 is 3.40. The van der Waals surface area contributed by atoms with Crippen molar-refractivity contribution in [3.8, 4) is 0 Å². The largest absolute Gasteiger partial charge is 0.312 e. The van der Waals surface area contributed by atoms with E-state index in [0.717, 1.165) is 24.8 Å². The average Bonchev–Trinajstić information content (AvgIpc) is 2.26. The molecule has 1 aliphatic rings. The molecular formula is C12H14BrN. The predicted molar refractivity (Wildman–Crippen MR) is 64.7 cm³/mol. The minimum absolute atomic E-state index is 0.926. The van der Waals surface area contributed by atoms with Gasteiger partial charge in [0.05, 0.1) is 0 Å². The van der Waals surface area contributed by atoms with Gasteiger partial charge in [0.25, 0.3) is 0 Å². The maximum absolute atomic E-state index is 3.40. The smallest absolute Gasteiger partial charge is 0.0215 e. The van der Waals surface area contributed by atoms with E-state index in [0.29, 0.717) is 0 Å². The normalized spacial score (nSPS) is 15.8. The van der Waals surface area contributed by atoms with Gasteiger partial charge in [-0.25, -0.2) is 0 Å². The fraction of sp³-hybridized carbons (Fsp3) is 0.333. The molecule has 0 bridgehead atoms. The van der Waals surface area contributed by atoms with E-state index in [4.69, 9.17) is 0 Å². The second-order valence-corrected chi connectivity index (χ2v) is 4.12. The second kappa shape index (κ2) is 4.76. The molecule has 1 aromatic carbocycles. The van der Waals surface area contributed by atoms with Crippen molar-refractivity contribution < 1.29 is 0 Å². The zero-order valence-electron chi connectivity index (χ0n) is 8.09. The standard InChI is InChI=1S/C12H14BrN/c13-7-2-5-10-3-1-4-11-9-14-8-6-12(10)11/h1-5,14H,6-9H2. The third-order valence-corrected chi connectivity index (χ3v) is 2.94. The summed E-state index contributed by atoms with van der Waals surface area (Å²) in [7, 11) is 0. The zero-order chi connectivity index (χ0) is 9.80. The highest BCUT2D eigenvalue weighted by molar-refractivity contribution is 9.09. The topological polar surface area (TPSA) is 12.0 Å². The van der Waals surface area contributed by atoms with Gasteiger partial charge in [-0.05, 0) is 29.7 Å². The van der Waals surface area contributed by atoms with Gasteiger partial charge in [0.2, 0.25) is 0 Å². The summed E-state index contributed by atoms with van der Waals surface area (Å²) in [5.41, 5.74) is 4.35. The van der Waals surface area contributed by atoms with Gasteiger partial charge < -0.3 is 5.32 Å². The van der Waals surface area contributed by atoms with Crippen LogP contribution in [0.15, 0.2) is 24.3 Å². The first-order valence-electron chi connectivity index (χ1n) is 4.96. The minimum atomic E-state index is 0.926. The van der Waals surface area contributed by atoms with Crippen molar-refractivity contribution in [2.75, 3.05) is 11.9 Å². The van der Waals surface area contributed by atoms with Crippen molar-refractivity contribution in [1.82, 2.24) is 5.32 Å². The van der Waals surface area contributed by atoms with Gasteiger partial charge in [-0.15, -0.1) is 0 Å². The molecule has 0 atom stereocenters. The van der Waals surface area contributed by atoms with Crippen molar-refractivity contribution in [2.45, 2.75) is 13.0 Å². The molecule has 0 spiro atoms. The van der Waals surface area contributed by atoms with Crippen LogP contribution in [0.5, 0.6) is 0 Å². The highest BCUT2D eigenvalue weighted by Gasteiger charge is 2.09. The van der Waals surface area contributed by atoms with Crippen LogP contribution in [0.4, 0.5) is 0 Å². The van der Waals surface area contributed by atoms with Crippen LogP contribution in [-0.2, 0) is 13.0 Å². The van der Waals surface area contributed by atoms with Gasteiger partial charge in [-0.2, -0.15) is 0 Å². The highest BCUT2D eigenvalue weighted by Crippen LogP contribution is 2.19. The van der Waals surface area contributed by atoms with Crippen LogP contribution in [0.3, 0.4) is 0 Å². The molecule has 1 N–H and O–H groups in total. The van der Waals surface area contributed by atoms with E-state index in [-0.39, 0.29) is 0 Å². The van der Waals surface area contributed by atoms with E-state index < -0.39 is 0 Å². The molecule has 14 heavy (non-hydrogen) atoms. The van der Waals surface area contributed by atoms with E-state index in [2.05, 4.69) is 51.6 Å². The summed E-state index contributed by atoms with van der Waals surface area (Å²) in [6.45, 7) is 2.12. The molecule has 1 aliphatic heterocycles. The van der Waals surface area contributed by atoms with Crippen LogP contribution in [0.1, 0.15) is 16.7 Å². The van der Waals surface area contributed by atoms with E-state index in [9.17, 15) is 0 Å². The lowest BCUT2D eigenvalue weighted by atomic mass is 9.95. The number of halogens is 1. The number of alkyl halides is 1. The summed E-state index contributed by atoms with van der Waals surface area (Å²) < 4.78 is 0. The molecule has 0 amide bonds. The van der Waals surface area contributed by atoms with Gasteiger partial charge in [-0.3, -0.25) is 0 Å². The molecule has 0 aromatic heterocycles. The number of hydrogen-bond acceptors (Lipinski definition) is 1. The SMILES string of the molecule is BrCC=Cc1cccc2c1CCNC2. The van der Waals surface area contributed by atoms with Crippen molar-refractivity contribution in [3.05, 3.63) is 41.0 Å². The van der Waals surface area contributed by atoms with E-state index in [1.807, 2.05) is 0 Å². The second-order valence-electron chi connectivity index (χ2n) is 3.47. The third kappa shape index (κ3) is 2.07. The molecular weight excluding hydrogens is 238 g/mol. The maximum Gasteiger partial charge on any atom is 0.0215 e. The lowest BCUT2D eigenvalue weighted by Crippen LogP contribution is -2.24. The van der Waals surface area contributed by atoms with Gasteiger partial charge in [0.1, 0.15) is 0 Å². The summed E-state index contributed by atoms with van der Waals surface area (Å²) in [6, 6.07) is 6.55. The Morgan fingerprint density at radius 1 is 1.43 bits per heavy atom. The Labute approximate surface area is 93.3 Å². The Hall–Kier alpha value is -0.600. The first-order valence-corrected chi connectivity index (χ1v) is 6.08. The summed E-state index contributed by atoms with van der Waals surface area (Å²) in [5.74, 6) is 0. The fourth-order valence-corrected chi connectivity index (χ4v) is 2.08. The van der Waals surface area contributed by atoms with Crippen LogP contribution >= 0.6 is 15.9 Å². The highest BCUT2D eigenvalue weighted by atomic mass is 79.9. The van der Waals surface area contributed by atoms with E-state index in [1.54, 1.807) is 0 Å². The first-order chi connectivity index (χ1) is 6.92. The molecule has 0 fully saturated rings. The quantitative estimate of drug-likeness (QED) is 0.798. The molecule has 1 nitrogen and oxygen atoms in total. The number of hydrogen-bond donors (Lipinski definition) is 1. The molecule has 0 saturated heterocycles. The Morgan fingerprint density at radius 3 is 3.21 bits per heavy atom. The molecule has 2 rings (SSSR count). The predicted octanol–water partition coefficient (Wildman–Crippen LogP) is 2.74. The molecule has 2 heteroatoms. The van der Waals surface area contributed by atoms with Crippen LogP contribution in [-0.4, -0.2) is 11.9 Å². The van der Waals surface area contributed by atoms with Crippen molar-refractivity contribution >= 4 is 22.0 Å². The number of allylic oxidation sites excluding steroid dienone is 1. The molecule has 0 unspecified atom stereocenters. The van der Waals surface area contributed by atoms with Crippen LogP contribution in [0.25, 0.3) is 6.08 Å². The molecule has 0 aliphatic carbocycles. The third-order valence-electron chi connectivity index (χ3n) is 2.56. The van der Waals surface area contributed by atoms with E-state index in [1.165, 1.54) is 16.7 Å². The molecule has 1 heterocycles. The van der Waals surface area contributed by atoms with Gasteiger partial charge in [0.15, 0.2) is 0 Å². The first kappa shape index (κ1) is 9.94. The fourth-order valence-electron chi connectivity index (χ4n) is 1.89. The Morgan fingerprint density at radius 2 is 2.36 bits per heavy atom. The van der Waals surface area contributed by atoms with Gasteiger partial charge in [-0.1, -0.05) is 46.3 Å². The van der Waals surface area contributed by atoms with Crippen LogP contribution in [0, 0.1) is 0 Å². The van der Waals surface area contributed by atoms with E-state index >= 15 is 0 Å². The summed E-state index contributed by atoms with van der Waals surface area (Å²) in [5, 5.41) is 4.32. The Bertz CT molecular complexity index is 344. The zero-order valence-corrected chi connectivity index (χ0v) is 9.68. The summed E-state index contributed by atoms with van der Waals surface area (Å²) in [6.07, 6.45) is 5.51. The van der Waals surface area contributed by atoms with Crippen molar-refractivity contribution in [2.24, 2.45) is 0 Å². The minimum Gasteiger partial charge on any atom is -0.312 e. The average molecular weight is 252 g/mol. The number of nitrogens with one attached hydrogen (secondary N) is 1. The van der Waals surface area contributed by atoms with Crippen molar-refractivity contribution in [1.29, 1.82) is 0 Å². The number of rotatable bonds is 2. The molecule has 0 saturated carbocycles. The number of benzene rings is 1. The monoisotopic (exact) mass is 251 g/mol. The Kier molecular flexibility index (Phi) is 3.38. The Balaban J connectivity index is 2.35. The van der Waals surface area contributed by atoms with Crippen LogP contribution < -0.4 is 5.32 Å². The van der Waals surface area contributed by atoms with Crippen molar-refractivity contribution in [3.63, 3.8) is 0 Å². The maximum atomic E-state index is 3.40. The molecule has 1 aromatic rings. The van der Waals surface area contributed by atoms with Gasteiger partial charge in [0, 0.05) is 11.9 Å².